The Bertz CT molecular complexity index is 1330. The Hall–Kier alpha value is -4.00. The summed E-state index contributed by atoms with van der Waals surface area (Å²) in [7, 11) is 1.76. The predicted molar refractivity (Wildman–Crippen MR) is 129 cm³/mol. The van der Waals surface area contributed by atoms with Crippen molar-refractivity contribution in [2.75, 3.05) is 18.5 Å². The van der Waals surface area contributed by atoms with Gasteiger partial charge in [-0.1, -0.05) is 42.5 Å². The number of likely N-dealkylation sites (N-methyl/N-ethyl adjacent to an activating group) is 1. The molecule has 1 atom stereocenters. The molecule has 1 aliphatic rings. The zero-order valence-electron chi connectivity index (χ0n) is 18.9. The number of anilines is 1. The fourth-order valence-corrected chi connectivity index (χ4v) is 4.52. The summed E-state index contributed by atoms with van der Waals surface area (Å²) in [5.41, 5.74) is 3.37. The molecule has 0 aliphatic carbocycles. The van der Waals surface area contributed by atoms with Crippen molar-refractivity contribution in [1.29, 1.82) is 0 Å². The lowest BCUT2D eigenvalue weighted by atomic mass is 10.1. The highest BCUT2D eigenvalue weighted by molar-refractivity contribution is 5.93. The zero-order valence-corrected chi connectivity index (χ0v) is 18.9. The zero-order chi connectivity index (χ0) is 23.7. The second kappa shape index (κ2) is 9.09. The number of fused-ring (bicyclic) bond motifs is 1. The van der Waals surface area contributed by atoms with Crippen LogP contribution < -0.4 is 4.90 Å². The van der Waals surface area contributed by atoms with Crippen molar-refractivity contribution in [3.8, 4) is 0 Å². The van der Waals surface area contributed by atoms with Crippen molar-refractivity contribution >= 4 is 28.5 Å². The van der Waals surface area contributed by atoms with Crippen molar-refractivity contribution in [1.82, 2.24) is 14.5 Å². The summed E-state index contributed by atoms with van der Waals surface area (Å²) in [4.78, 5) is 34.2. The minimum Gasteiger partial charge on any atom is -0.338 e. The number of imidazole rings is 1. The summed E-state index contributed by atoms with van der Waals surface area (Å²) in [6, 6.07) is 23.4. The Morgan fingerprint density at radius 3 is 2.50 bits per heavy atom. The number of rotatable bonds is 6. The van der Waals surface area contributed by atoms with E-state index in [-0.39, 0.29) is 30.1 Å². The van der Waals surface area contributed by atoms with Crippen LogP contribution in [-0.4, -0.2) is 39.9 Å². The van der Waals surface area contributed by atoms with Crippen LogP contribution in [0, 0.1) is 5.82 Å². The van der Waals surface area contributed by atoms with E-state index in [0.717, 1.165) is 28.1 Å². The van der Waals surface area contributed by atoms with Crippen molar-refractivity contribution in [2.45, 2.75) is 25.4 Å². The quantitative estimate of drug-likeness (QED) is 0.433. The van der Waals surface area contributed by atoms with Gasteiger partial charge in [0.05, 0.1) is 11.0 Å². The molecule has 3 aromatic carbocycles. The van der Waals surface area contributed by atoms with E-state index in [1.54, 1.807) is 29.0 Å². The fraction of sp³-hybridized carbons (Fsp3) is 0.222. The van der Waals surface area contributed by atoms with Gasteiger partial charge in [-0.2, -0.15) is 0 Å². The number of benzene rings is 3. The van der Waals surface area contributed by atoms with Gasteiger partial charge in [-0.3, -0.25) is 9.59 Å². The van der Waals surface area contributed by atoms with Crippen LogP contribution >= 0.6 is 0 Å². The van der Waals surface area contributed by atoms with Crippen LogP contribution in [0.15, 0.2) is 78.9 Å². The molecule has 34 heavy (non-hydrogen) atoms. The molecule has 4 aromatic rings. The van der Waals surface area contributed by atoms with E-state index in [1.165, 1.54) is 12.1 Å². The van der Waals surface area contributed by atoms with Gasteiger partial charge >= 0.3 is 0 Å². The topological polar surface area (TPSA) is 58.4 Å². The molecule has 0 N–H and O–H groups in total. The summed E-state index contributed by atoms with van der Waals surface area (Å²) in [5, 5.41) is 0. The Balaban J connectivity index is 1.41. The van der Waals surface area contributed by atoms with Gasteiger partial charge in [-0.25, -0.2) is 9.37 Å². The van der Waals surface area contributed by atoms with E-state index < -0.39 is 0 Å². The predicted octanol–water partition coefficient (Wildman–Crippen LogP) is 4.35. The minimum absolute atomic E-state index is 0.0284. The van der Waals surface area contributed by atoms with Crippen molar-refractivity contribution in [3.63, 3.8) is 0 Å². The Morgan fingerprint density at radius 1 is 1.03 bits per heavy atom. The second-order valence-electron chi connectivity index (χ2n) is 8.63. The SMILES string of the molecule is CN(C(=O)Cn1c([C@H]2CC(=O)N(Cc3ccc(F)cc3)C2)nc2ccccc21)c1ccccc1. The third-order valence-corrected chi connectivity index (χ3v) is 6.36. The number of hydrogen-bond acceptors (Lipinski definition) is 3. The number of amides is 2. The van der Waals surface area contributed by atoms with Gasteiger partial charge < -0.3 is 14.4 Å². The lowest BCUT2D eigenvalue weighted by molar-refractivity contribution is -0.128. The highest BCUT2D eigenvalue weighted by atomic mass is 19.1. The van der Waals surface area contributed by atoms with Crippen LogP contribution in [0.1, 0.15) is 23.7 Å². The van der Waals surface area contributed by atoms with Gasteiger partial charge in [0.15, 0.2) is 0 Å². The minimum atomic E-state index is -0.298. The van der Waals surface area contributed by atoms with Crippen LogP contribution in [0.2, 0.25) is 0 Å². The smallest absolute Gasteiger partial charge is 0.246 e. The molecular weight excluding hydrogens is 431 g/mol. The summed E-state index contributed by atoms with van der Waals surface area (Å²) >= 11 is 0. The molecule has 2 heterocycles. The van der Waals surface area contributed by atoms with Gasteiger partial charge in [0.2, 0.25) is 11.8 Å². The largest absolute Gasteiger partial charge is 0.338 e. The van der Waals surface area contributed by atoms with Crippen LogP contribution in [0.5, 0.6) is 0 Å². The molecule has 1 aliphatic heterocycles. The summed E-state index contributed by atoms with van der Waals surface area (Å²) in [5.74, 6) is 0.276. The van der Waals surface area contributed by atoms with Gasteiger partial charge in [0.25, 0.3) is 0 Å². The lowest BCUT2D eigenvalue weighted by Crippen LogP contribution is -2.31. The van der Waals surface area contributed by atoms with Crippen molar-refractivity contribution in [3.05, 3.63) is 96.1 Å². The average Bonchev–Trinajstić information content (AvgIpc) is 3.40. The average molecular weight is 457 g/mol. The Kier molecular flexibility index (Phi) is 5.84. The number of nitrogens with zero attached hydrogens (tertiary/aromatic N) is 4. The van der Waals surface area contributed by atoms with E-state index >= 15 is 0 Å². The standard InChI is InChI=1S/C27H25FN4O2/c1-30(22-7-3-2-4-8-22)26(34)18-32-24-10-6-5-9-23(24)29-27(32)20-15-25(33)31(17-20)16-19-11-13-21(28)14-12-19/h2-14,20H,15-18H2,1H3/t20-/m0/s1. The van der Waals surface area contributed by atoms with Crippen molar-refractivity contribution in [2.24, 2.45) is 0 Å². The molecule has 0 spiro atoms. The van der Waals surface area contributed by atoms with Crippen LogP contribution in [-0.2, 0) is 22.7 Å². The van der Waals surface area contributed by atoms with E-state index in [1.807, 2.05) is 59.2 Å². The molecule has 0 radical (unpaired) electrons. The molecule has 0 saturated carbocycles. The highest BCUT2D eigenvalue weighted by Gasteiger charge is 2.34. The van der Waals surface area contributed by atoms with Gasteiger partial charge in [-0.05, 0) is 42.0 Å². The summed E-state index contributed by atoms with van der Waals surface area (Å²) < 4.78 is 15.2. The van der Waals surface area contributed by atoms with Gasteiger partial charge in [0, 0.05) is 38.2 Å². The van der Waals surface area contributed by atoms with Crippen LogP contribution in [0.25, 0.3) is 11.0 Å². The van der Waals surface area contributed by atoms with E-state index in [0.29, 0.717) is 19.5 Å². The van der Waals surface area contributed by atoms with Crippen LogP contribution in [0.4, 0.5) is 10.1 Å². The number of halogens is 1. The second-order valence-corrected chi connectivity index (χ2v) is 8.63. The molecule has 0 bridgehead atoms. The number of likely N-dealkylation sites (tertiary alicyclic amines) is 1. The molecule has 5 rings (SSSR count). The number of para-hydroxylation sites is 3. The van der Waals surface area contributed by atoms with Crippen molar-refractivity contribution < 1.29 is 14.0 Å². The third kappa shape index (κ3) is 4.29. The third-order valence-electron chi connectivity index (χ3n) is 6.36. The van der Waals surface area contributed by atoms with Crippen LogP contribution in [0.3, 0.4) is 0 Å². The summed E-state index contributed by atoms with van der Waals surface area (Å²) in [6.45, 7) is 1.05. The van der Waals surface area contributed by atoms with E-state index in [4.69, 9.17) is 4.98 Å². The monoisotopic (exact) mass is 456 g/mol. The molecule has 1 fully saturated rings. The molecule has 7 heteroatoms. The lowest BCUT2D eigenvalue weighted by Gasteiger charge is -2.20. The molecule has 0 unspecified atom stereocenters. The Labute approximate surface area is 197 Å². The maximum absolute atomic E-state index is 13.3. The highest BCUT2D eigenvalue weighted by Crippen LogP contribution is 2.31. The van der Waals surface area contributed by atoms with E-state index in [2.05, 4.69) is 0 Å². The first-order valence-electron chi connectivity index (χ1n) is 11.3. The molecule has 1 aromatic heterocycles. The van der Waals surface area contributed by atoms with Gasteiger partial charge in [-0.15, -0.1) is 0 Å². The van der Waals surface area contributed by atoms with E-state index in [9.17, 15) is 14.0 Å². The number of hydrogen-bond donors (Lipinski definition) is 0. The first-order chi connectivity index (χ1) is 16.5. The molecule has 172 valence electrons. The number of aromatic nitrogens is 2. The molecule has 6 nitrogen and oxygen atoms in total. The maximum atomic E-state index is 13.3. The normalized spacial score (nSPS) is 15.8. The van der Waals surface area contributed by atoms with Gasteiger partial charge in [0.1, 0.15) is 18.2 Å². The first kappa shape index (κ1) is 21.8. The molecule has 2 amide bonds. The number of carbonyl (C=O) groups excluding carboxylic acids is 2. The molecule has 1 saturated heterocycles. The first-order valence-corrected chi connectivity index (χ1v) is 11.3. The fourth-order valence-electron chi connectivity index (χ4n) is 4.52. The summed E-state index contributed by atoms with van der Waals surface area (Å²) in [6.07, 6.45) is 0.327. The maximum Gasteiger partial charge on any atom is 0.246 e. The molecular formula is C27H25FN4O2. The Morgan fingerprint density at radius 2 is 1.74 bits per heavy atom. The number of carbonyl (C=O) groups is 2.